The average Bonchev–Trinajstić information content (AvgIpc) is 3.11. The highest BCUT2D eigenvalue weighted by Gasteiger charge is 2.10. The second-order valence-electron chi connectivity index (χ2n) is 6.55. The maximum Gasteiger partial charge on any atom is 0.129 e. The van der Waals surface area contributed by atoms with Gasteiger partial charge in [-0.1, -0.05) is 23.7 Å². The normalized spacial score (nSPS) is 10.8. The number of nitrogens with zero attached hydrogens (tertiary/aromatic N) is 2. The number of halogens is 1. The summed E-state index contributed by atoms with van der Waals surface area (Å²) in [6, 6.07) is 23.4. The van der Waals surface area contributed by atoms with E-state index in [0.29, 0.717) is 24.7 Å². The van der Waals surface area contributed by atoms with Crippen LogP contribution < -0.4 is 14.8 Å². The van der Waals surface area contributed by atoms with Crippen molar-refractivity contribution in [2.75, 3.05) is 19.0 Å². The van der Waals surface area contributed by atoms with E-state index in [2.05, 4.69) is 16.0 Å². The summed E-state index contributed by atoms with van der Waals surface area (Å²) < 4.78 is 13.3. The number of fused-ring (bicyclic) bond motifs is 1. The molecule has 0 unspecified atom stereocenters. The summed E-state index contributed by atoms with van der Waals surface area (Å²) in [6.07, 6.45) is 0. The number of para-hydroxylation sites is 2. The zero-order chi connectivity index (χ0) is 20.1. The van der Waals surface area contributed by atoms with E-state index in [1.807, 2.05) is 66.7 Å². The van der Waals surface area contributed by atoms with Gasteiger partial charge < -0.3 is 19.4 Å². The first kappa shape index (κ1) is 19.2. The number of hydrogen-bond acceptors (Lipinski definition) is 4. The lowest BCUT2D eigenvalue weighted by atomic mass is 10.3. The molecule has 29 heavy (non-hydrogen) atoms. The molecule has 0 amide bonds. The van der Waals surface area contributed by atoms with Crippen molar-refractivity contribution >= 4 is 28.3 Å². The molecule has 3 aromatic carbocycles. The highest BCUT2D eigenvalue weighted by atomic mass is 35.5. The van der Waals surface area contributed by atoms with Crippen molar-refractivity contribution in [3.05, 3.63) is 83.6 Å². The van der Waals surface area contributed by atoms with Crippen LogP contribution in [0.5, 0.6) is 11.5 Å². The summed E-state index contributed by atoms with van der Waals surface area (Å²) in [4.78, 5) is 4.80. The van der Waals surface area contributed by atoms with E-state index in [4.69, 9.17) is 26.1 Å². The van der Waals surface area contributed by atoms with E-state index >= 15 is 0 Å². The van der Waals surface area contributed by atoms with E-state index in [0.717, 1.165) is 34.0 Å². The highest BCUT2D eigenvalue weighted by Crippen LogP contribution is 2.20. The number of imidazole rings is 1. The van der Waals surface area contributed by atoms with Gasteiger partial charge in [0, 0.05) is 10.7 Å². The smallest absolute Gasteiger partial charge is 0.129 e. The van der Waals surface area contributed by atoms with Gasteiger partial charge in [-0.25, -0.2) is 4.98 Å². The summed E-state index contributed by atoms with van der Waals surface area (Å²) in [5.74, 6) is 2.60. The van der Waals surface area contributed by atoms with Crippen LogP contribution in [0.2, 0.25) is 5.02 Å². The Morgan fingerprint density at radius 1 is 0.931 bits per heavy atom. The Morgan fingerprint density at radius 2 is 1.66 bits per heavy atom. The molecule has 1 N–H and O–H groups in total. The molecule has 4 aromatic rings. The molecular formula is C23H22ClN3O2. The minimum Gasteiger partial charge on any atom is -0.497 e. The molecule has 0 saturated heterocycles. The fourth-order valence-electron chi connectivity index (χ4n) is 3.19. The lowest BCUT2D eigenvalue weighted by Crippen LogP contribution is -2.13. The Bertz CT molecular complexity index is 1080. The maximum atomic E-state index is 5.93. The van der Waals surface area contributed by atoms with Crippen molar-refractivity contribution in [2.45, 2.75) is 13.1 Å². The van der Waals surface area contributed by atoms with Gasteiger partial charge in [0.1, 0.15) is 23.9 Å². The molecule has 0 spiro atoms. The van der Waals surface area contributed by atoms with E-state index in [-0.39, 0.29) is 0 Å². The van der Waals surface area contributed by atoms with Crippen molar-refractivity contribution in [3.8, 4) is 11.5 Å². The van der Waals surface area contributed by atoms with Gasteiger partial charge in [0.25, 0.3) is 0 Å². The van der Waals surface area contributed by atoms with E-state index in [1.165, 1.54) is 0 Å². The molecule has 6 heteroatoms. The molecule has 0 saturated carbocycles. The van der Waals surface area contributed by atoms with Crippen molar-refractivity contribution in [3.63, 3.8) is 0 Å². The van der Waals surface area contributed by atoms with Gasteiger partial charge in [-0.15, -0.1) is 0 Å². The van der Waals surface area contributed by atoms with E-state index < -0.39 is 0 Å². The van der Waals surface area contributed by atoms with Crippen molar-refractivity contribution in [1.29, 1.82) is 0 Å². The number of aromatic nitrogens is 2. The lowest BCUT2D eigenvalue weighted by molar-refractivity contribution is 0.298. The van der Waals surface area contributed by atoms with Crippen molar-refractivity contribution in [2.24, 2.45) is 0 Å². The minimum atomic E-state index is 0.539. The SMILES string of the molecule is COc1ccc(NCc2nc3ccccc3n2CCOc2ccc(Cl)cc2)cc1. The maximum absolute atomic E-state index is 5.93. The van der Waals surface area contributed by atoms with Gasteiger partial charge >= 0.3 is 0 Å². The Kier molecular flexibility index (Phi) is 5.86. The number of benzene rings is 3. The molecule has 1 heterocycles. The summed E-state index contributed by atoms with van der Waals surface area (Å²) in [5.41, 5.74) is 3.09. The highest BCUT2D eigenvalue weighted by molar-refractivity contribution is 6.30. The third-order valence-electron chi connectivity index (χ3n) is 4.67. The molecule has 0 atom stereocenters. The van der Waals surface area contributed by atoms with Crippen LogP contribution >= 0.6 is 11.6 Å². The zero-order valence-corrected chi connectivity index (χ0v) is 16.9. The van der Waals surface area contributed by atoms with Crippen LogP contribution in [0.1, 0.15) is 5.82 Å². The molecule has 0 aliphatic carbocycles. The number of nitrogens with one attached hydrogen (secondary N) is 1. The van der Waals surface area contributed by atoms with Crippen LogP contribution in [0.4, 0.5) is 5.69 Å². The van der Waals surface area contributed by atoms with Crippen molar-refractivity contribution < 1.29 is 9.47 Å². The Hall–Kier alpha value is -3.18. The molecule has 0 fully saturated rings. The first-order valence-corrected chi connectivity index (χ1v) is 9.81. The van der Waals surface area contributed by atoms with Crippen LogP contribution in [0, 0.1) is 0 Å². The average molecular weight is 408 g/mol. The number of methoxy groups -OCH3 is 1. The molecule has 1 aromatic heterocycles. The van der Waals surface area contributed by atoms with Crippen LogP contribution in [0.25, 0.3) is 11.0 Å². The number of ether oxygens (including phenoxy) is 2. The molecule has 148 valence electrons. The quantitative estimate of drug-likeness (QED) is 0.425. The molecular weight excluding hydrogens is 386 g/mol. The van der Waals surface area contributed by atoms with E-state index in [9.17, 15) is 0 Å². The zero-order valence-electron chi connectivity index (χ0n) is 16.1. The third kappa shape index (κ3) is 4.63. The van der Waals surface area contributed by atoms with E-state index in [1.54, 1.807) is 7.11 Å². The predicted octanol–water partition coefficient (Wildman–Crippen LogP) is 5.39. The summed E-state index contributed by atoms with van der Waals surface area (Å²) in [7, 11) is 1.66. The molecule has 0 aliphatic heterocycles. The molecule has 0 aliphatic rings. The summed E-state index contributed by atoms with van der Waals surface area (Å²) >= 11 is 5.93. The van der Waals surface area contributed by atoms with Gasteiger partial charge in [0.2, 0.25) is 0 Å². The van der Waals surface area contributed by atoms with Gasteiger partial charge in [-0.2, -0.15) is 0 Å². The molecule has 4 rings (SSSR count). The summed E-state index contributed by atoms with van der Waals surface area (Å²) in [6.45, 7) is 1.85. The van der Waals surface area contributed by atoms with Crippen molar-refractivity contribution in [1.82, 2.24) is 9.55 Å². The molecule has 0 radical (unpaired) electrons. The number of rotatable bonds is 8. The van der Waals surface area contributed by atoms with Gasteiger partial charge in [-0.05, 0) is 60.7 Å². The van der Waals surface area contributed by atoms with Crippen LogP contribution in [-0.4, -0.2) is 23.3 Å². The topological polar surface area (TPSA) is 48.3 Å². The van der Waals surface area contributed by atoms with Crippen LogP contribution in [0.15, 0.2) is 72.8 Å². The molecule has 0 bridgehead atoms. The standard InChI is InChI=1S/C23H22ClN3O2/c1-28-19-12-8-18(9-13-19)25-16-23-26-21-4-2-3-5-22(21)27(23)14-15-29-20-10-6-17(24)7-11-20/h2-13,25H,14-16H2,1H3. The third-order valence-corrected chi connectivity index (χ3v) is 4.92. The fraction of sp³-hybridized carbons (Fsp3) is 0.174. The van der Waals surface area contributed by atoms with Crippen LogP contribution in [0.3, 0.4) is 0 Å². The van der Waals surface area contributed by atoms with Gasteiger partial charge in [-0.3, -0.25) is 0 Å². The largest absolute Gasteiger partial charge is 0.497 e. The number of hydrogen-bond donors (Lipinski definition) is 1. The Labute approximate surface area is 174 Å². The lowest BCUT2D eigenvalue weighted by Gasteiger charge is -2.12. The second-order valence-corrected chi connectivity index (χ2v) is 6.99. The second kappa shape index (κ2) is 8.88. The monoisotopic (exact) mass is 407 g/mol. The first-order valence-electron chi connectivity index (χ1n) is 9.43. The molecule has 5 nitrogen and oxygen atoms in total. The fourth-order valence-corrected chi connectivity index (χ4v) is 3.31. The number of anilines is 1. The minimum absolute atomic E-state index is 0.539. The first-order chi connectivity index (χ1) is 14.2. The Morgan fingerprint density at radius 3 is 2.41 bits per heavy atom. The van der Waals surface area contributed by atoms with Gasteiger partial charge in [0.05, 0.1) is 31.2 Å². The summed E-state index contributed by atoms with van der Waals surface area (Å²) in [5, 5.41) is 4.13. The Balaban J connectivity index is 1.48. The van der Waals surface area contributed by atoms with Crippen LogP contribution in [-0.2, 0) is 13.1 Å². The van der Waals surface area contributed by atoms with Gasteiger partial charge in [0.15, 0.2) is 0 Å². The predicted molar refractivity (Wildman–Crippen MR) is 117 cm³/mol.